The Morgan fingerprint density at radius 1 is 0.938 bits per heavy atom. The summed E-state index contributed by atoms with van der Waals surface area (Å²) in [6.07, 6.45) is 1.42. The summed E-state index contributed by atoms with van der Waals surface area (Å²) >= 11 is 0. The van der Waals surface area contributed by atoms with E-state index in [1.807, 2.05) is 49.2 Å². The van der Waals surface area contributed by atoms with Gasteiger partial charge in [0.25, 0.3) is 5.91 Å². The lowest BCUT2D eigenvalue weighted by Crippen LogP contribution is -2.63. The summed E-state index contributed by atoms with van der Waals surface area (Å²) in [5, 5.41) is 0. The van der Waals surface area contributed by atoms with Gasteiger partial charge in [0.2, 0.25) is 5.96 Å². The number of likely N-dealkylation sites (N-methyl/N-ethyl adjacent to an activating group) is 1. The van der Waals surface area contributed by atoms with Crippen LogP contribution in [0, 0.1) is 20.8 Å². The predicted molar refractivity (Wildman–Crippen MR) is 124 cm³/mol. The van der Waals surface area contributed by atoms with E-state index in [4.69, 9.17) is 4.99 Å². The molecule has 3 amide bonds. The number of nitrogens with zero attached hydrogens (tertiary/aromatic N) is 5. The van der Waals surface area contributed by atoms with E-state index in [0.717, 1.165) is 33.6 Å². The molecule has 32 heavy (non-hydrogen) atoms. The van der Waals surface area contributed by atoms with Crippen molar-refractivity contribution >= 4 is 23.6 Å². The molecule has 0 aliphatic carbocycles. The van der Waals surface area contributed by atoms with E-state index in [-0.39, 0.29) is 18.5 Å². The van der Waals surface area contributed by atoms with Gasteiger partial charge in [-0.25, -0.2) is 9.79 Å². The van der Waals surface area contributed by atoms with Gasteiger partial charge in [-0.2, -0.15) is 0 Å². The maximum absolute atomic E-state index is 13.6. The number of aryl methyl sites for hydroxylation is 3. The van der Waals surface area contributed by atoms with E-state index in [1.54, 1.807) is 11.9 Å². The summed E-state index contributed by atoms with van der Waals surface area (Å²) in [4.78, 5) is 38.4. The molecule has 0 spiro atoms. The molecule has 3 aliphatic heterocycles. The molecule has 3 aliphatic rings. The van der Waals surface area contributed by atoms with Crippen LogP contribution in [0.3, 0.4) is 0 Å². The van der Waals surface area contributed by atoms with Gasteiger partial charge in [0.15, 0.2) is 12.2 Å². The Hall–Kier alpha value is -3.61. The number of amides is 3. The Balaban J connectivity index is 1.49. The highest BCUT2D eigenvalue weighted by molar-refractivity contribution is 6.10. The van der Waals surface area contributed by atoms with Crippen LogP contribution in [-0.2, 0) is 11.3 Å². The number of imide groups is 1. The van der Waals surface area contributed by atoms with Gasteiger partial charge in [0.1, 0.15) is 0 Å². The number of hydrogen-bond donors (Lipinski definition) is 0. The third-order valence-electron chi connectivity index (χ3n) is 6.45. The van der Waals surface area contributed by atoms with Crippen molar-refractivity contribution in [1.29, 1.82) is 0 Å². The minimum atomic E-state index is -0.566. The van der Waals surface area contributed by atoms with Crippen LogP contribution in [0.4, 0.5) is 10.5 Å². The molecule has 7 heteroatoms. The second kappa shape index (κ2) is 7.22. The van der Waals surface area contributed by atoms with E-state index < -0.39 is 12.2 Å². The smallest absolute Gasteiger partial charge is 0.302 e. The molecule has 0 radical (unpaired) electrons. The van der Waals surface area contributed by atoms with Gasteiger partial charge in [-0.3, -0.25) is 14.6 Å². The summed E-state index contributed by atoms with van der Waals surface area (Å²) in [5.41, 5.74) is 6.37. The minimum absolute atomic E-state index is 0.218. The van der Waals surface area contributed by atoms with E-state index in [2.05, 4.69) is 36.9 Å². The molecule has 0 saturated carbocycles. The van der Waals surface area contributed by atoms with E-state index in [1.165, 1.54) is 4.90 Å². The lowest BCUT2D eigenvalue weighted by molar-refractivity contribution is -0.137. The zero-order chi connectivity index (χ0) is 22.7. The maximum atomic E-state index is 13.6. The highest BCUT2D eigenvalue weighted by Gasteiger charge is 2.54. The standard InChI is InChI=1S/C25H27N5O2/c1-15-7-10-19(11-8-15)14-29-23(31)21-22(27(5)25(29)32)26-24-28(21)13-18(4)30(24)20-12-16(2)6-9-17(20)3/h6-13,21-22H,14H2,1-5H3. The molecular weight excluding hydrogens is 402 g/mol. The van der Waals surface area contributed by atoms with Gasteiger partial charge in [-0.1, -0.05) is 42.0 Å². The Kier molecular flexibility index (Phi) is 4.58. The predicted octanol–water partition coefficient (Wildman–Crippen LogP) is 3.75. The highest BCUT2D eigenvalue weighted by Crippen LogP contribution is 2.38. The zero-order valence-corrected chi connectivity index (χ0v) is 19.0. The van der Waals surface area contributed by atoms with Crippen LogP contribution in [-0.4, -0.2) is 51.9 Å². The minimum Gasteiger partial charge on any atom is -0.302 e. The van der Waals surface area contributed by atoms with Crippen molar-refractivity contribution in [2.24, 2.45) is 4.99 Å². The molecule has 5 rings (SSSR count). The third-order valence-corrected chi connectivity index (χ3v) is 6.45. The number of anilines is 1. The van der Waals surface area contributed by atoms with Crippen molar-refractivity contribution in [2.45, 2.75) is 46.4 Å². The fourth-order valence-electron chi connectivity index (χ4n) is 4.63. The average Bonchev–Trinajstić information content (AvgIpc) is 3.27. The van der Waals surface area contributed by atoms with Crippen LogP contribution in [0.1, 0.15) is 29.2 Å². The molecule has 0 N–H and O–H groups in total. The summed E-state index contributed by atoms with van der Waals surface area (Å²) < 4.78 is 0. The number of carbonyl (C=O) groups is 2. The molecule has 2 aromatic carbocycles. The van der Waals surface area contributed by atoms with Crippen LogP contribution >= 0.6 is 0 Å². The monoisotopic (exact) mass is 429 g/mol. The first-order valence-corrected chi connectivity index (χ1v) is 10.8. The Morgan fingerprint density at radius 3 is 2.34 bits per heavy atom. The second-order valence-electron chi connectivity index (χ2n) is 8.89. The Labute approximate surface area is 188 Å². The number of benzene rings is 2. The van der Waals surface area contributed by atoms with Gasteiger partial charge in [0, 0.05) is 18.9 Å². The van der Waals surface area contributed by atoms with Gasteiger partial charge in [-0.15, -0.1) is 0 Å². The molecule has 1 fully saturated rings. The first-order valence-electron chi connectivity index (χ1n) is 10.8. The van der Waals surface area contributed by atoms with Crippen LogP contribution in [0.5, 0.6) is 0 Å². The highest BCUT2D eigenvalue weighted by atomic mass is 16.2. The van der Waals surface area contributed by atoms with E-state index >= 15 is 0 Å². The number of aliphatic imine (C=N–C) groups is 1. The van der Waals surface area contributed by atoms with Crippen molar-refractivity contribution in [3.8, 4) is 0 Å². The molecule has 0 bridgehead atoms. The molecule has 2 aromatic rings. The fraction of sp³-hybridized carbons (Fsp3) is 0.320. The molecule has 2 unspecified atom stereocenters. The van der Waals surface area contributed by atoms with Gasteiger partial charge in [-0.05, 0) is 50.5 Å². The number of fused-ring (bicyclic) bond motifs is 3. The first-order chi connectivity index (χ1) is 15.3. The maximum Gasteiger partial charge on any atom is 0.328 e. The van der Waals surface area contributed by atoms with Crippen LogP contribution in [0.2, 0.25) is 0 Å². The van der Waals surface area contributed by atoms with Gasteiger partial charge in [0.05, 0.1) is 12.2 Å². The summed E-state index contributed by atoms with van der Waals surface area (Å²) in [5.74, 6) is 0.473. The van der Waals surface area contributed by atoms with Crippen molar-refractivity contribution in [3.63, 3.8) is 0 Å². The van der Waals surface area contributed by atoms with Gasteiger partial charge >= 0.3 is 6.03 Å². The lowest BCUT2D eigenvalue weighted by Gasteiger charge is -2.40. The summed E-state index contributed by atoms with van der Waals surface area (Å²) in [7, 11) is 1.72. The third kappa shape index (κ3) is 2.99. The summed E-state index contributed by atoms with van der Waals surface area (Å²) in [6, 6.07) is 13.3. The number of guanidine groups is 1. The average molecular weight is 430 g/mol. The second-order valence-corrected chi connectivity index (χ2v) is 8.89. The molecule has 2 atom stereocenters. The normalized spacial score (nSPS) is 22.3. The van der Waals surface area contributed by atoms with Gasteiger partial charge < -0.3 is 9.80 Å². The SMILES string of the molecule is CC1=CN2C(=NC3C2C(=O)N(Cc2ccc(C)cc2)C(=O)N3C)N1c1cc(C)ccc1C. The van der Waals surface area contributed by atoms with Crippen LogP contribution in [0.25, 0.3) is 0 Å². The summed E-state index contributed by atoms with van der Waals surface area (Å²) in [6.45, 7) is 8.41. The molecule has 3 heterocycles. The van der Waals surface area contributed by atoms with Crippen LogP contribution in [0.15, 0.2) is 59.4 Å². The van der Waals surface area contributed by atoms with Crippen molar-refractivity contribution < 1.29 is 9.59 Å². The molecular formula is C25H27N5O2. The van der Waals surface area contributed by atoms with Crippen molar-refractivity contribution in [2.75, 3.05) is 11.9 Å². The number of allylic oxidation sites excluding steroid dienone is 1. The molecule has 0 aromatic heterocycles. The quantitative estimate of drug-likeness (QED) is 0.746. The molecule has 7 nitrogen and oxygen atoms in total. The largest absolute Gasteiger partial charge is 0.328 e. The Bertz CT molecular complexity index is 1180. The topological polar surface area (TPSA) is 59.5 Å². The number of hydrogen-bond acceptors (Lipinski definition) is 5. The van der Waals surface area contributed by atoms with E-state index in [9.17, 15) is 9.59 Å². The number of rotatable bonds is 3. The Morgan fingerprint density at radius 2 is 1.62 bits per heavy atom. The first kappa shape index (κ1) is 20.3. The fourth-order valence-corrected chi connectivity index (χ4v) is 4.63. The molecule has 164 valence electrons. The van der Waals surface area contributed by atoms with Crippen molar-refractivity contribution in [1.82, 2.24) is 14.7 Å². The number of carbonyl (C=O) groups excluding carboxylic acids is 2. The molecule has 1 saturated heterocycles. The van der Waals surface area contributed by atoms with E-state index in [0.29, 0.717) is 5.96 Å². The lowest BCUT2D eigenvalue weighted by atomic mass is 10.1. The van der Waals surface area contributed by atoms with Crippen molar-refractivity contribution in [3.05, 3.63) is 76.6 Å². The zero-order valence-electron chi connectivity index (χ0n) is 19.0. The van der Waals surface area contributed by atoms with Crippen LogP contribution < -0.4 is 4.90 Å². The number of urea groups is 1.